The topological polar surface area (TPSA) is 55.4 Å². The van der Waals surface area contributed by atoms with E-state index in [2.05, 4.69) is 17.4 Å². The van der Waals surface area contributed by atoms with Gasteiger partial charge in [-0.3, -0.25) is 9.59 Å². The molecule has 2 atom stereocenters. The average Bonchev–Trinajstić information content (AvgIpc) is 2.69. The van der Waals surface area contributed by atoms with Crippen LogP contribution in [0.5, 0.6) is 0 Å². The summed E-state index contributed by atoms with van der Waals surface area (Å²) in [5.74, 6) is -0.0290. The van der Waals surface area contributed by atoms with Crippen LogP contribution < -0.4 is 5.32 Å². The Hall–Kier alpha value is -1.98. The van der Waals surface area contributed by atoms with E-state index in [1.54, 1.807) is 18.7 Å². The Bertz CT molecular complexity index is 825. The molecule has 1 amide bonds. The van der Waals surface area contributed by atoms with Gasteiger partial charge in [-0.1, -0.05) is 35.9 Å². The van der Waals surface area contributed by atoms with Crippen molar-refractivity contribution in [2.24, 2.45) is 0 Å². The first-order chi connectivity index (χ1) is 13.5. The molecule has 0 spiro atoms. The van der Waals surface area contributed by atoms with E-state index >= 15 is 0 Å². The smallest absolute Gasteiger partial charge is 0.307 e. The van der Waals surface area contributed by atoms with Gasteiger partial charge in [-0.15, -0.1) is 11.8 Å². The summed E-state index contributed by atoms with van der Waals surface area (Å²) in [5, 5.41) is 3.72. The first kappa shape index (κ1) is 20.7. The largest absolute Gasteiger partial charge is 0.453 e. The van der Waals surface area contributed by atoms with Gasteiger partial charge in [-0.25, -0.2) is 0 Å². The van der Waals surface area contributed by atoms with Gasteiger partial charge in [-0.05, 0) is 61.6 Å². The lowest BCUT2D eigenvalue weighted by atomic mass is 9.87. The molecule has 1 aliphatic carbocycles. The summed E-state index contributed by atoms with van der Waals surface area (Å²) in [6.45, 7) is 1.62. The highest BCUT2D eigenvalue weighted by molar-refractivity contribution is 7.99. The lowest BCUT2D eigenvalue weighted by molar-refractivity contribution is -0.154. The second-order valence-corrected chi connectivity index (χ2v) is 8.44. The third-order valence-electron chi connectivity index (χ3n) is 4.75. The molecule has 148 valence electrons. The Kier molecular flexibility index (Phi) is 7.40. The van der Waals surface area contributed by atoms with E-state index in [0.29, 0.717) is 10.8 Å². The van der Waals surface area contributed by atoms with Crippen LogP contribution in [-0.2, 0) is 20.7 Å². The Morgan fingerprint density at radius 2 is 1.96 bits per heavy atom. The Morgan fingerprint density at radius 1 is 1.21 bits per heavy atom. The van der Waals surface area contributed by atoms with Crippen molar-refractivity contribution in [3.05, 3.63) is 64.7 Å². The third-order valence-corrected chi connectivity index (χ3v) is 6.02. The van der Waals surface area contributed by atoms with Crippen molar-refractivity contribution >= 4 is 35.2 Å². The van der Waals surface area contributed by atoms with E-state index in [-0.39, 0.29) is 24.3 Å². The molecule has 0 radical (unpaired) electrons. The van der Waals surface area contributed by atoms with Crippen LogP contribution in [0.1, 0.15) is 43.4 Å². The molecule has 0 aliphatic heterocycles. The number of carbonyl (C=O) groups excluding carboxylic acids is 2. The molecule has 1 aliphatic rings. The van der Waals surface area contributed by atoms with Gasteiger partial charge in [0.25, 0.3) is 5.91 Å². The summed E-state index contributed by atoms with van der Waals surface area (Å²) in [5.41, 5.74) is 2.45. The molecule has 0 unspecified atom stereocenters. The van der Waals surface area contributed by atoms with Crippen molar-refractivity contribution in [2.45, 2.75) is 49.6 Å². The molecular weight excluding hydrogens is 394 g/mol. The summed E-state index contributed by atoms with van der Waals surface area (Å²) >= 11 is 7.41. The van der Waals surface area contributed by atoms with Gasteiger partial charge in [0.1, 0.15) is 0 Å². The number of halogens is 1. The highest BCUT2D eigenvalue weighted by atomic mass is 35.5. The average molecular weight is 418 g/mol. The number of fused-ring (bicyclic) bond motifs is 1. The summed E-state index contributed by atoms with van der Waals surface area (Å²) < 4.78 is 5.31. The van der Waals surface area contributed by atoms with Crippen molar-refractivity contribution in [3.63, 3.8) is 0 Å². The highest BCUT2D eigenvalue weighted by Gasteiger charge is 2.25. The summed E-state index contributed by atoms with van der Waals surface area (Å²) in [4.78, 5) is 25.6. The zero-order chi connectivity index (χ0) is 19.9. The standard InChI is InChI=1S/C22H24ClNO3S/c1-15(27-21(25)13-14-28-18-11-9-17(23)10-12-18)22(26)24-20-8-4-6-16-5-2-3-7-19(16)20/h2-3,5,7,9-12,15,20H,4,6,8,13-14H2,1H3,(H,24,26)/t15-,20-/m0/s1. The fraction of sp³-hybridized carbons (Fsp3) is 0.364. The number of esters is 1. The molecular formula is C22H24ClNO3S. The number of aryl methyl sites for hydroxylation is 1. The Balaban J connectivity index is 1.44. The Morgan fingerprint density at radius 3 is 2.75 bits per heavy atom. The minimum atomic E-state index is -0.804. The van der Waals surface area contributed by atoms with Crippen molar-refractivity contribution in [3.8, 4) is 0 Å². The quantitative estimate of drug-likeness (QED) is 0.511. The molecule has 0 saturated heterocycles. The minimum Gasteiger partial charge on any atom is -0.453 e. The molecule has 0 bridgehead atoms. The van der Waals surface area contributed by atoms with Crippen LogP contribution in [0.25, 0.3) is 0 Å². The molecule has 4 nitrogen and oxygen atoms in total. The minimum absolute atomic E-state index is 0.0148. The van der Waals surface area contributed by atoms with Crippen LogP contribution in [0.4, 0.5) is 0 Å². The van der Waals surface area contributed by atoms with Crippen molar-refractivity contribution in [1.29, 1.82) is 0 Å². The second-order valence-electron chi connectivity index (χ2n) is 6.84. The van der Waals surface area contributed by atoms with Gasteiger partial charge in [-0.2, -0.15) is 0 Å². The monoisotopic (exact) mass is 417 g/mol. The van der Waals surface area contributed by atoms with E-state index in [0.717, 1.165) is 24.2 Å². The van der Waals surface area contributed by atoms with Crippen LogP contribution in [-0.4, -0.2) is 23.7 Å². The Labute approximate surface area is 175 Å². The lowest BCUT2D eigenvalue weighted by Crippen LogP contribution is -2.39. The molecule has 0 heterocycles. The maximum Gasteiger partial charge on any atom is 0.307 e. The number of benzene rings is 2. The number of amides is 1. The van der Waals surface area contributed by atoms with E-state index in [1.165, 1.54) is 11.1 Å². The van der Waals surface area contributed by atoms with E-state index in [9.17, 15) is 9.59 Å². The van der Waals surface area contributed by atoms with Gasteiger partial charge in [0.15, 0.2) is 6.10 Å². The fourth-order valence-electron chi connectivity index (χ4n) is 3.29. The van der Waals surface area contributed by atoms with Gasteiger partial charge in [0.2, 0.25) is 0 Å². The molecule has 2 aromatic rings. The lowest BCUT2D eigenvalue weighted by Gasteiger charge is -2.27. The van der Waals surface area contributed by atoms with Crippen molar-refractivity contribution < 1.29 is 14.3 Å². The van der Waals surface area contributed by atoms with Crippen LogP contribution in [0.15, 0.2) is 53.4 Å². The normalized spacial score (nSPS) is 16.7. The van der Waals surface area contributed by atoms with Crippen molar-refractivity contribution in [2.75, 3.05) is 5.75 Å². The van der Waals surface area contributed by atoms with Crippen LogP contribution in [0, 0.1) is 0 Å². The summed E-state index contributed by atoms with van der Waals surface area (Å²) in [7, 11) is 0. The van der Waals surface area contributed by atoms with Crippen LogP contribution in [0.3, 0.4) is 0 Å². The molecule has 28 heavy (non-hydrogen) atoms. The number of rotatable bonds is 7. The molecule has 0 fully saturated rings. The second kappa shape index (κ2) is 9.99. The van der Waals surface area contributed by atoms with E-state index < -0.39 is 6.10 Å². The van der Waals surface area contributed by atoms with E-state index in [1.807, 2.05) is 36.4 Å². The summed E-state index contributed by atoms with van der Waals surface area (Å²) in [6, 6.07) is 15.6. The molecule has 0 aromatic heterocycles. The number of hydrogen-bond donors (Lipinski definition) is 1. The van der Waals surface area contributed by atoms with Crippen molar-refractivity contribution in [1.82, 2.24) is 5.32 Å². The third kappa shape index (κ3) is 5.76. The van der Waals surface area contributed by atoms with Crippen LogP contribution >= 0.6 is 23.4 Å². The molecule has 6 heteroatoms. The van der Waals surface area contributed by atoms with Gasteiger partial charge in [0, 0.05) is 15.7 Å². The summed E-state index contributed by atoms with van der Waals surface area (Å²) in [6.07, 6.45) is 2.43. The van der Waals surface area contributed by atoms with Crippen LogP contribution in [0.2, 0.25) is 5.02 Å². The number of thioether (sulfide) groups is 1. The highest BCUT2D eigenvalue weighted by Crippen LogP contribution is 2.29. The van der Waals surface area contributed by atoms with Gasteiger partial charge in [0.05, 0.1) is 12.5 Å². The molecule has 1 N–H and O–H groups in total. The zero-order valence-electron chi connectivity index (χ0n) is 15.8. The number of carbonyl (C=O) groups is 2. The SMILES string of the molecule is C[C@H](OC(=O)CCSc1ccc(Cl)cc1)C(=O)N[C@H]1CCCc2ccccc21. The predicted molar refractivity (Wildman–Crippen MR) is 113 cm³/mol. The predicted octanol–water partition coefficient (Wildman–Crippen LogP) is 4.95. The maximum atomic E-state index is 12.5. The number of hydrogen-bond acceptors (Lipinski definition) is 4. The first-order valence-corrected chi connectivity index (χ1v) is 10.9. The maximum absolute atomic E-state index is 12.5. The first-order valence-electron chi connectivity index (χ1n) is 9.49. The van der Waals surface area contributed by atoms with Gasteiger partial charge < -0.3 is 10.1 Å². The molecule has 3 rings (SSSR count). The van der Waals surface area contributed by atoms with E-state index in [4.69, 9.17) is 16.3 Å². The molecule has 2 aromatic carbocycles. The molecule has 0 saturated carbocycles. The number of ether oxygens (including phenoxy) is 1. The van der Waals surface area contributed by atoms with Gasteiger partial charge >= 0.3 is 5.97 Å². The number of nitrogens with one attached hydrogen (secondary N) is 1. The zero-order valence-corrected chi connectivity index (χ0v) is 17.4. The fourth-order valence-corrected chi connectivity index (χ4v) is 4.24.